The van der Waals surface area contributed by atoms with E-state index in [1.807, 2.05) is 6.92 Å². The smallest absolute Gasteiger partial charge is 0.0763 e. The van der Waals surface area contributed by atoms with E-state index in [4.69, 9.17) is 5.73 Å². The van der Waals surface area contributed by atoms with Crippen LogP contribution in [0.1, 0.15) is 20.3 Å². The van der Waals surface area contributed by atoms with E-state index in [1.165, 1.54) is 0 Å². The van der Waals surface area contributed by atoms with Crippen molar-refractivity contribution in [3.63, 3.8) is 0 Å². The molecule has 0 bridgehead atoms. The van der Waals surface area contributed by atoms with Gasteiger partial charge in [-0.2, -0.15) is 0 Å². The third-order valence-corrected chi connectivity index (χ3v) is 1.15. The Labute approximate surface area is 57.1 Å². The molecular weight excluding hydrogens is 112 g/mol. The van der Waals surface area contributed by atoms with Crippen molar-refractivity contribution in [2.24, 2.45) is 5.73 Å². The molecule has 9 heavy (non-hydrogen) atoms. The number of nitrogens with two attached hydrogens (primary N) is 1. The van der Waals surface area contributed by atoms with Crippen molar-refractivity contribution in [1.82, 2.24) is 5.32 Å². The second-order valence-electron chi connectivity index (χ2n) is 2.28. The summed E-state index contributed by atoms with van der Waals surface area (Å²) in [6, 6.07) is 0. The molecule has 2 heteroatoms. The first-order chi connectivity index (χ1) is 4.18. The van der Waals surface area contributed by atoms with Gasteiger partial charge in [0.25, 0.3) is 0 Å². The lowest BCUT2D eigenvalue weighted by Crippen LogP contribution is -2.38. The quantitative estimate of drug-likeness (QED) is 0.435. The van der Waals surface area contributed by atoms with Crippen molar-refractivity contribution in [3.8, 4) is 0 Å². The van der Waals surface area contributed by atoms with Gasteiger partial charge in [0.1, 0.15) is 0 Å². The number of hydrogen-bond donors (Lipinski definition) is 2. The van der Waals surface area contributed by atoms with Gasteiger partial charge in [0.05, 0.1) is 6.17 Å². The Morgan fingerprint density at radius 3 is 2.67 bits per heavy atom. The Morgan fingerprint density at radius 1 is 1.78 bits per heavy atom. The second kappa shape index (κ2) is 4.53. The monoisotopic (exact) mass is 128 g/mol. The van der Waals surface area contributed by atoms with Crippen molar-refractivity contribution in [3.05, 3.63) is 12.2 Å². The van der Waals surface area contributed by atoms with E-state index in [2.05, 4.69) is 18.8 Å². The highest BCUT2D eigenvalue weighted by molar-refractivity contribution is 4.97. The zero-order chi connectivity index (χ0) is 7.28. The van der Waals surface area contributed by atoms with Crippen LogP contribution in [0.2, 0.25) is 0 Å². The Balaban J connectivity index is 3.27. The van der Waals surface area contributed by atoms with Gasteiger partial charge in [0.15, 0.2) is 0 Å². The minimum absolute atomic E-state index is 0.0232. The van der Waals surface area contributed by atoms with E-state index in [0.29, 0.717) is 0 Å². The summed E-state index contributed by atoms with van der Waals surface area (Å²) >= 11 is 0. The Kier molecular flexibility index (Phi) is 4.36. The standard InChI is InChI=1S/C7H16N2/c1-4-5-9-7(8)6(2)3/h7,9H,2,4-5,8H2,1,3H3/t7-/m0/s1. The highest BCUT2D eigenvalue weighted by Gasteiger charge is 1.97. The molecule has 54 valence electrons. The van der Waals surface area contributed by atoms with Crippen molar-refractivity contribution in [2.45, 2.75) is 26.4 Å². The van der Waals surface area contributed by atoms with Crippen molar-refractivity contribution in [2.75, 3.05) is 6.54 Å². The van der Waals surface area contributed by atoms with Crippen LogP contribution in [0.25, 0.3) is 0 Å². The topological polar surface area (TPSA) is 38.0 Å². The van der Waals surface area contributed by atoms with E-state index < -0.39 is 0 Å². The SMILES string of the molecule is C=C(C)[C@@H](N)NCCC. The Morgan fingerprint density at radius 2 is 2.33 bits per heavy atom. The molecule has 0 aromatic carbocycles. The van der Waals surface area contributed by atoms with Crippen LogP contribution >= 0.6 is 0 Å². The molecule has 0 unspecified atom stereocenters. The minimum Gasteiger partial charge on any atom is -0.312 e. The van der Waals surface area contributed by atoms with Crippen LogP contribution in [0.3, 0.4) is 0 Å². The summed E-state index contributed by atoms with van der Waals surface area (Å²) in [5, 5.41) is 3.11. The normalized spacial score (nSPS) is 13.2. The maximum absolute atomic E-state index is 5.59. The molecule has 0 saturated heterocycles. The van der Waals surface area contributed by atoms with Crippen LogP contribution in [-0.2, 0) is 0 Å². The van der Waals surface area contributed by atoms with Crippen LogP contribution in [0.15, 0.2) is 12.2 Å². The lowest BCUT2D eigenvalue weighted by Gasteiger charge is -2.11. The molecule has 0 amide bonds. The van der Waals surface area contributed by atoms with Gasteiger partial charge < -0.3 is 5.73 Å². The number of nitrogens with one attached hydrogen (secondary N) is 1. The van der Waals surface area contributed by atoms with E-state index in [9.17, 15) is 0 Å². The van der Waals surface area contributed by atoms with Gasteiger partial charge >= 0.3 is 0 Å². The molecule has 0 fully saturated rings. The van der Waals surface area contributed by atoms with Gasteiger partial charge in [-0.15, -0.1) is 0 Å². The average Bonchev–Trinajstić information content (AvgIpc) is 1.82. The molecule has 2 nitrogen and oxygen atoms in total. The molecule has 0 aliphatic carbocycles. The molecule has 1 atom stereocenters. The maximum Gasteiger partial charge on any atom is 0.0763 e. The largest absolute Gasteiger partial charge is 0.312 e. The summed E-state index contributed by atoms with van der Waals surface area (Å²) in [4.78, 5) is 0. The van der Waals surface area contributed by atoms with E-state index >= 15 is 0 Å². The minimum atomic E-state index is -0.0232. The highest BCUT2D eigenvalue weighted by atomic mass is 15.0. The van der Waals surface area contributed by atoms with Crippen LogP contribution < -0.4 is 11.1 Å². The van der Waals surface area contributed by atoms with E-state index in [-0.39, 0.29) is 6.17 Å². The third kappa shape index (κ3) is 4.18. The Bertz CT molecular complexity index is 88.9. The fourth-order valence-corrected chi connectivity index (χ4v) is 0.474. The van der Waals surface area contributed by atoms with Crippen molar-refractivity contribution >= 4 is 0 Å². The molecule has 0 heterocycles. The van der Waals surface area contributed by atoms with Gasteiger partial charge in [-0.25, -0.2) is 0 Å². The third-order valence-electron chi connectivity index (χ3n) is 1.15. The molecule has 0 aromatic rings. The van der Waals surface area contributed by atoms with Crippen LogP contribution in [0.4, 0.5) is 0 Å². The lowest BCUT2D eigenvalue weighted by atomic mass is 10.3. The zero-order valence-corrected chi connectivity index (χ0v) is 6.28. The molecule has 0 spiro atoms. The van der Waals surface area contributed by atoms with Gasteiger partial charge in [0.2, 0.25) is 0 Å². The predicted molar refractivity (Wildman–Crippen MR) is 41.1 cm³/mol. The number of hydrogen-bond acceptors (Lipinski definition) is 2. The van der Waals surface area contributed by atoms with Crippen LogP contribution in [0.5, 0.6) is 0 Å². The molecule has 0 rings (SSSR count). The maximum atomic E-state index is 5.59. The summed E-state index contributed by atoms with van der Waals surface area (Å²) in [6.07, 6.45) is 1.09. The van der Waals surface area contributed by atoms with Crippen molar-refractivity contribution in [1.29, 1.82) is 0 Å². The molecule has 0 saturated carbocycles. The zero-order valence-electron chi connectivity index (χ0n) is 6.28. The summed E-state index contributed by atoms with van der Waals surface area (Å²) in [6.45, 7) is 8.72. The van der Waals surface area contributed by atoms with Crippen LogP contribution in [0, 0.1) is 0 Å². The van der Waals surface area contributed by atoms with Crippen molar-refractivity contribution < 1.29 is 0 Å². The summed E-state index contributed by atoms with van der Waals surface area (Å²) in [5.41, 5.74) is 6.58. The fourth-order valence-electron chi connectivity index (χ4n) is 0.474. The first-order valence-electron chi connectivity index (χ1n) is 3.32. The Hall–Kier alpha value is -0.340. The average molecular weight is 128 g/mol. The molecule has 0 aromatic heterocycles. The van der Waals surface area contributed by atoms with Crippen LogP contribution in [-0.4, -0.2) is 12.7 Å². The second-order valence-corrected chi connectivity index (χ2v) is 2.28. The summed E-state index contributed by atoms with van der Waals surface area (Å²) in [7, 11) is 0. The highest BCUT2D eigenvalue weighted by Crippen LogP contribution is 1.88. The first kappa shape index (κ1) is 8.66. The molecule has 3 N–H and O–H groups in total. The summed E-state index contributed by atoms with van der Waals surface area (Å²) < 4.78 is 0. The molecule has 0 radical (unpaired) electrons. The molecular formula is C7H16N2. The molecule has 0 aliphatic heterocycles. The van der Waals surface area contributed by atoms with E-state index in [0.717, 1.165) is 18.5 Å². The first-order valence-corrected chi connectivity index (χ1v) is 3.32. The van der Waals surface area contributed by atoms with Gasteiger partial charge in [-0.1, -0.05) is 13.5 Å². The fraction of sp³-hybridized carbons (Fsp3) is 0.714. The predicted octanol–water partition coefficient (Wildman–Crippen LogP) is 0.847. The lowest BCUT2D eigenvalue weighted by molar-refractivity contribution is 0.583. The summed E-state index contributed by atoms with van der Waals surface area (Å²) in [5.74, 6) is 0. The number of rotatable bonds is 4. The molecule has 0 aliphatic rings. The van der Waals surface area contributed by atoms with E-state index in [1.54, 1.807) is 0 Å². The van der Waals surface area contributed by atoms with Gasteiger partial charge in [-0.3, -0.25) is 5.32 Å². The van der Waals surface area contributed by atoms with Gasteiger partial charge in [0, 0.05) is 0 Å². The van der Waals surface area contributed by atoms with Gasteiger partial charge in [-0.05, 0) is 25.5 Å².